The van der Waals surface area contributed by atoms with Gasteiger partial charge in [0, 0.05) is 18.3 Å². The van der Waals surface area contributed by atoms with Gasteiger partial charge in [-0.2, -0.15) is 0 Å². The predicted molar refractivity (Wildman–Crippen MR) is 79.5 cm³/mol. The molecule has 116 valence electrons. The molecule has 6 heteroatoms. The first kappa shape index (κ1) is 15.9. The Morgan fingerprint density at radius 1 is 1.14 bits per heavy atom. The van der Waals surface area contributed by atoms with Gasteiger partial charge in [0.05, 0.1) is 6.10 Å². The number of amides is 2. The summed E-state index contributed by atoms with van der Waals surface area (Å²) in [5, 5.41) is 14.7. The van der Waals surface area contributed by atoms with E-state index in [0.717, 1.165) is 17.7 Å². The van der Waals surface area contributed by atoms with E-state index in [1.807, 2.05) is 19.1 Å². The summed E-state index contributed by atoms with van der Waals surface area (Å²) in [5.74, 6) is -1.56. The molecule has 2 rings (SSSR count). The third-order valence-corrected chi connectivity index (χ3v) is 3.04. The van der Waals surface area contributed by atoms with Crippen LogP contribution in [0.4, 0.5) is 19.3 Å². The Labute approximate surface area is 126 Å². The number of anilines is 1. The van der Waals surface area contributed by atoms with Gasteiger partial charge in [-0.3, -0.25) is 0 Å². The zero-order chi connectivity index (χ0) is 16.1. The SMILES string of the molecule is Cc1ccc([C@H](O)CNC(=O)Nc2cc(F)cc(F)c2)cc1. The number of carbonyl (C=O) groups is 1. The minimum Gasteiger partial charge on any atom is -0.387 e. The maximum absolute atomic E-state index is 13.0. The summed E-state index contributed by atoms with van der Waals surface area (Å²) in [5.41, 5.74) is 1.73. The molecule has 0 heterocycles. The van der Waals surface area contributed by atoms with E-state index in [9.17, 15) is 18.7 Å². The summed E-state index contributed by atoms with van der Waals surface area (Å²) < 4.78 is 26.0. The summed E-state index contributed by atoms with van der Waals surface area (Å²) in [6, 6.07) is 9.30. The van der Waals surface area contributed by atoms with Crippen LogP contribution in [0.2, 0.25) is 0 Å². The van der Waals surface area contributed by atoms with Crippen LogP contribution in [0.5, 0.6) is 0 Å². The number of carbonyl (C=O) groups excluding carboxylic acids is 1. The zero-order valence-electron chi connectivity index (χ0n) is 11.9. The summed E-state index contributed by atoms with van der Waals surface area (Å²) >= 11 is 0. The Balaban J connectivity index is 1.88. The van der Waals surface area contributed by atoms with Crippen molar-refractivity contribution >= 4 is 11.7 Å². The first-order valence-electron chi connectivity index (χ1n) is 6.69. The molecule has 2 amide bonds. The van der Waals surface area contributed by atoms with Crippen molar-refractivity contribution in [2.75, 3.05) is 11.9 Å². The van der Waals surface area contributed by atoms with Crippen molar-refractivity contribution in [3.05, 3.63) is 65.2 Å². The van der Waals surface area contributed by atoms with Crippen LogP contribution in [0.1, 0.15) is 17.2 Å². The molecule has 22 heavy (non-hydrogen) atoms. The summed E-state index contributed by atoms with van der Waals surface area (Å²) in [6.07, 6.45) is -0.865. The summed E-state index contributed by atoms with van der Waals surface area (Å²) in [7, 11) is 0. The standard InChI is InChI=1S/C16H16F2N2O2/c1-10-2-4-11(5-3-10)15(21)9-19-16(22)20-14-7-12(17)6-13(18)8-14/h2-8,15,21H,9H2,1H3,(H2,19,20,22)/t15-/m1/s1. The lowest BCUT2D eigenvalue weighted by Gasteiger charge is -2.13. The van der Waals surface area contributed by atoms with Crippen molar-refractivity contribution in [3.63, 3.8) is 0 Å². The van der Waals surface area contributed by atoms with Gasteiger partial charge in [0.1, 0.15) is 11.6 Å². The zero-order valence-corrected chi connectivity index (χ0v) is 11.9. The number of aliphatic hydroxyl groups excluding tert-OH is 1. The fourth-order valence-electron chi connectivity index (χ4n) is 1.90. The molecule has 0 aliphatic rings. The van der Waals surface area contributed by atoms with E-state index >= 15 is 0 Å². The number of hydrogen-bond donors (Lipinski definition) is 3. The van der Waals surface area contributed by atoms with Gasteiger partial charge in [0.15, 0.2) is 0 Å². The van der Waals surface area contributed by atoms with E-state index in [4.69, 9.17) is 0 Å². The van der Waals surface area contributed by atoms with Crippen LogP contribution in [-0.4, -0.2) is 17.7 Å². The maximum atomic E-state index is 13.0. The van der Waals surface area contributed by atoms with E-state index in [1.165, 1.54) is 0 Å². The second kappa shape index (κ2) is 7.00. The van der Waals surface area contributed by atoms with Gasteiger partial charge in [-0.25, -0.2) is 13.6 Å². The molecule has 0 unspecified atom stereocenters. The molecule has 0 aliphatic carbocycles. The minimum atomic E-state index is -0.865. The Morgan fingerprint density at radius 3 is 2.32 bits per heavy atom. The Kier molecular flexibility index (Phi) is 5.06. The highest BCUT2D eigenvalue weighted by atomic mass is 19.1. The number of benzene rings is 2. The Hall–Kier alpha value is -2.47. The monoisotopic (exact) mass is 306 g/mol. The molecule has 0 radical (unpaired) electrons. The lowest BCUT2D eigenvalue weighted by Crippen LogP contribution is -2.32. The lowest BCUT2D eigenvalue weighted by atomic mass is 10.1. The van der Waals surface area contributed by atoms with Gasteiger partial charge >= 0.3 is 6.03 Å². The van der Waals surface area contributed by atoms with Crippen molar-refractivity contribution < 1.29 is 18.7 Å². The molecule has 0 saturated carbocycles. The van der Waals surface area contributed by atoms with Gasteiger partial charge in [-0.05, 0) is 24.6 Å². The number of nitrogens with one attached hydrogen (secondary N) is 2. The number of aryl methyl sites for hydroxylation is 1. The maximum Gasteiger partial charge on any atom is 0.319 e. The van der Waals surface area contributed by atoms with Crippen LogP contribution in [0.15, 0.2) is 42.5 Å². The van der Waals surface area contributed by atoms with Gasteiger partial charge < -0.3 is 15.7 Å². The topological polar surface area (TPSA) is 61.4 Å². The number of urea groups is 1. The van der Waals surface area contributed by atoms with Crippen LogP contribution in [-0.2, 0) is 0 Å². The molecule has 0 aromatic heterocycles. The normalized spacial score (nSPS) is 11.8. The van der Waals surface area contributed by atoms with E-state index in [2.05, 4.69) is 10.6 Å². The molecule has 0 saturated heterocycles. The molecule has 2 aromatic rings. The van der Waals surface area contributed by atoms with Gasteiger partial charge in [0.2, 0.25) is 0 Å². The second-order valence-corrected chi connectivity index (χ2v) is 4.92. The molecule has 1 atom stereocenters. The average molecular weight is 306 g/mol. The highest BCUT2D eigenvalue weighted by Crippen LogP contribution is 2.14. The molecule has 4 nitrogen and oxygen atoms in total. The fraction of sp³-hybridized carbons (Fsp3) is 0.188. The van der Waals surface area contributed by atoms with E-state index in [-0.39, 0.29) is 12.2 Å². The predicted octanol–water partition coefficient (Wildman–Crippen LogP) is 3.13. The van der Waals surface area contributed by atoms with Crippen molar-refractivity contribution in [2.24, 2.45) is 0 Å². The van der Waals surface area contributed by atoms with Gasteiger partial charge in [-0.15, -0.1) is 0 Å². The van der Waals surface area contributed by atoms with E-state index in [0.29, 0.717) is 11.6 Å². The fourth-order valence-corrected chi connectivity index (χ4v) is 1.90. The van der Waals surface area contributed by atoms with E-state index < -0.39 is 23.8 Å². The van der Waals surface area contributed by atoms with Gasteiger partial charge in [-0.1, -0.05) is 29.8 Å². The van der Waals surface area contributed by atoms with Crippen molar-refractivity contribution in [2.45, 2.75) is 13.0 Å². The molecule has 3 N–H and O–H groups in total. The number of hydrogen-bond acceptors (Lipinski definition) is 2. The first-order chi connectivity index (χ1) is 10.4. The third-order valence-electron chi connectivity index (χ3n) is 3.04. The summed E-state index contributed by atoms with van der Waals surface area (Å²) in [4.78, 5) is 11.6. The molecular weight excluding hydrogens is 290 g/mol. The van der Waals surface area contributed by atoms with Crippen LogP contribution in [0.3, 0.4) is 0 Å². The highest BCUT2D eigenvalue weighted by Gasteiger charge is 2.10. The van der Waals surface area contributed by atoms with Crippen molar-refractivity contribution in [1.82, 2.24) is 5.32 Å². The minimum absolute atomic E-state index is 0.000161. The van der Waals surface area contributed by atoms with E-state index in [1.54, 1.807) is 12.1 Å². The number of rotatable bonds is 4. The smallest absolute Gasteiger partial charge is 0.319 e. The largest absolute Gasteiger partial charge is 0.387 e. The molecule has 0 spiro atoms. The lowest BCUT2D eigenvalue weighted by molar-refractivity contribution is 0.175. The van der Waals surface area contributed by atoms with Gasteiger partial charge in [0.25, 0.3) is 0 Å². The van der Waals surface area contributed by atoms with Crippen LogP contribution in [0.25, 0.3) is 0 Å². The molecule has 2 aromatic carbocycles. The Morgan fingerprint density at radius 2 is 1.73 bits per heavy atom. The quantitative estimate of drug-likeness (QED) is 0.812. The van der Waals surface area contributed by atoms with Crippen molar-refractivity contribution in [3.8, 4) is 0 Å². The van der Waals surface area contributed by atoms with Crippen LogP contribution in [0, 0.1) is 18.6 Å². The van der Waals surface area contributed by atoms with Crippen LogP contribution >= 0.6 is 0 Å². The molecule has 0 bridgehead atoms. The molecule has 0 fully saturated rings. The van der Waals surface area contributed by atoms with Crippen LogP contribution < -0.4 is 10.6 Å². The number of aliphatic hydroxyl groups is 1. The third kappa shape index (κ3) is 4.53. The Bertz CT molecular complexity index is 639. The highest BCUT2D eigenvalue weighted by molar-refractivity contribution is 5.89. The second-order valence-electron chi connectivity index (χ2n) is 4.92. The molecular formula is C16H16F2N2O2. The first-order valence-corrected chi connectivity index (χ1v) is 6.69. The molecule has 0 aliphatic heterocycles. The summed E-state index contributed by atoms with van der Waals surface area (Å²) in [6.45, 7) is 1.91. The van der Waals surface area contributed by atoms with Crippen molar-refractivity contribution in [1.29, 1.82) is 0 Å². The average Bonchev–Trinajstić information content (AvgIpc) is 2.44. The number of halogens is 2.